The van der Waals surface area contributed by atoms with Gasteiger partial charge in [-0.25, -0.2) is 0 Å². The second-order valence-corrected chi connectivity index (χ2v) is 5.98. The van der Waals surface area contributed by atoms with Crippen LogP contribution in [-0.2, 0) is 6.42 Å². The summed E-state index contributed by atoms with van der Waals surface area (Å²) in [6.07, 6.45) is 3.24. The Morgan fingerprint density at radius 2 is 2.15 bits per heavy atom. The lowest BCUT2D eigenvalue weighted by Gasteiger charge is -2.14. The number of hydrogen-bond acceptors (Lipinski definition) is 3. The Balaban J connectivity index is 1.99. The van der Waals surface area contributed by atoms with Crippen molar-refractivity contribution in [1.82, 2.24) is 0 Å². The van der Waals surface area contributed by atoms with Crippen molar-refractivity contribution >= 4 is 11.3 Å². The molecule has 0 radical (unpaired) electrons. The largest absolute Gasteiger partial charge is 0.494 e. The molecule has 108 valence electrons. The second-order valence-electron chi connectivity index (χ2n) is 5.00. The van der Waals surface area contributed by atoms with E-state index >= 15 is 0 Å². The third-order valence-corrected chi connectivity index (χ3v) is 4.41. The first kappa shape index (κ1) is 15.1. The molecule has 0 aliphatic heterocycles. The van der Waals surface area contributed by atoms with Crippen LogP contribution >= 0.6 is 11.3 Å². The van der Waals surface area contributed by atoms with E-state index in [1.807, 2.05) is 6.07 Å². The summed E-state index contributed by atoms with van der Waals surface area (Å²) in [5, 5.41) is 2.11. The Labute approximate surface area is 125 Å². The molecule has 0 amide bonds. The highest BCUT2D eigenvalue weighted by molar-refractivity contribution is 7.10. The lowest BCUT2D eigenvalue weighted by Crippen LogP contribution is -2.13. The molecule has 2 rings (SSSR count). The number of rotatable bonds is 8. The van der Waals surface area contributed by atoms with E-state index in [4.69, 9.17) is 10.5 Å². The van der Waals surface area contributed by atoms with Gasteiger partial charge < -0.3 is 10.5 Å². The van der Waals surface area contributed by atoms with E-state index < -0.39 is 0 Å². The Morgan fingerprint density at radius 1 is 1.25 bits per heavy atom. The van der Waals surface area contributed by atoms with Gasteiger partial charge in [0.05, 0.1) is 6.61 Å². The predicted molar refractivity (Wildman–Crippen MR) is 86.7 cm³/mol. The van der Waals surface area contributed by atoms with Gasteiger partial charge in [0.15, 0.2) is 0 Å². The zero-order valence-electron chi connectivity index (χ0n) is 12.0. The number of benzene rings is 1. The predicted octanol–water partition coefficient (Wildman–Crippen LogP) is 4.21. The van der Waals surface area contributed by atoms with Gasteiger partial charge in [0, 0.05) is 17.3 Å². The first-order chi connectivity index (χ1) is 9.83. The van der Waals surface area contributed by atoms with Crippen LogP contribution in [-0.4, -0.2) is 13.2 Å². The van der Waals surface area contributed by atoms with Crippen molar-refractivity contribution in [3.8, 4) is 5.75 Å². The molecule has 1 atom stereocenters. The van der Waals surface area contributed by atoms with Gasteiger partial charge in [0.2, 0.25) is 0 Å². The Bertz CT molecular complexity index is 495. The van der Waals surface area contributed by atoms with E-state index in [1.165, 1.54) is 10.4 Å². The first-order valence-electron chi connectivity index (χ1n) is 7.28. The molecule has 3 heteroatoms. The SMILES string of the molecule is CCCCOc1cccc(CC(CN)c2cccs2)c1. The van der Waals surface area contributed by atoms with E-state index in [0.29, 0.717) is 12.5 Å². The normalized spacial score (nSPS) is 12.3. The topological polar surface area (TPSA) is 35.2 Å². The summed E-state index contributed by atoms with van der Waals surface area (Å²) in [5.74, 6) is 1.37. The van der Waals surface area contributed by atoms with E-state index in [9.17, 15) is 0 Å². The highest BCUT2D eigenvalue weighted by Gasteiger charge is 2.12. The summed E-state index contributed by atoms with van der Waals surface area (Å²) in [6, 6.07) is 12.7. The number of unbranched alkanes of at least 4 members (excludes halogenated alkanes) is 1. The zero-order valence-corrected chi connectivity index (χ0v) is 12.9. The van der Waals surface area contributed by atoms with E-state index in [2.05, 4.69) is 42.6 Å². The minimum absolute atomic E-state index is 0.404. The molecule has 2 nitrogen and oxygen atoms in total. The molecule has 0 aliphatic rings. The molecular weight excluding hydrogens is 266 g/mol. The van der Waals surface area contributed by atoms with Crippen molar-refractivity contribution in [3.05, 3.63) is 52.2 Å². The zero-order chi connectivity index (χ0) is 14.2. The van der Waals surface area contributed by atoms with E-state index in [0.717, 1.165) is 31.6 Å². The molecular formula is C17H23NOS. The molecule has 1 aromatic heterocycles. The molecule has 0 spiro atoms. The highest BCUT2D eigenvalue weighted by atomic mass is 32.1. The summed E-state index contributed by atoms with van der Waals surface area (Å²) in [7, 11) is 0. The fourth-order valence-corrected chi connectivity index (χ4v) is 3.05. The van der Waals surface area contributed by atoms with Crippen LogP contribution in [0.15, 0.2) is 41.8 Å². The van der Waals surface area contributed by atoms with Gasteiger partial charge in [0.1, 0.15) is 5.75 Å². The van der Waals surface area contributed by atoms with Crippen LogP contribution in [0.4, 0.5) is 0 Å². The number of thiophene rings is 1. The third-order valence-electron chi connectivity index (χ3n) is 3.38. The van der Waals surface area contributed by atoms with Crippen molar-refractivity contribution in [2.24, 2.45) is 5.73 Å². The number of ether oxygens (including phenoxy) is 1. The third kappa shape index (κ3) is 4.36. The Hall–Kier alpha value is -1.32. The fourth-order valence-electron chi connectivity index (χ4n) is 2.20. The molecule has 20 heavy (non-hydrogen) atoms. The van der Waals surface area contributed by atoms with Crippen molar-refractivity contribution in [2.75, 3.05) is 13.2 Å². The van der Waals surface area contributed by atoms with Gasteiger partial charge in [-0.3, -0.25) is 0 Å². The minimum Gasteiger partial charge on any atom is -0.494 e. The standard InChI is InChI=1S/C17H23NOS/c1-2-3-9-19-16-7-4-6-14(12-16)11-15(13-18)17-8-5-10-20-17/h4-8,10,12,15H,2-3,9,11,13,18H2,1H3. The van der Waals surface area contributed by atoms with Crippen molar-refractivity contribution in [1.29, 1.82) is 0 Å². The number of nitrogens with two attached hydrogens (primary N) is 1. The molecule has 0 aliphatic carbocycles. The maximum absolute atomic E-state index is 5.92. The summed E-state index contributed by atoms with van der Waals surface area (Å²) in [4.78, 5) is 1.37. The number of hydrogen-bond donors (Lipinski definition) is 1. The molecule has 2 N–H and O–H groups in total. The van der Waals surface area contributed by atoms with Crippen LogP contribution in [0.5, 0.6) is 5.75 Å². The van der Waals surface area contributed by atoms with E-state index in [1.54, 1.807) is 11.3 Å². The summed E-state index contributed by atoms with van der Waals surface area (Å²) >= 11 is 1.78. The summed E-state index contributed by atoms with van der Waals surface area (Å²) in [5.41, 5.74) is 7.22. The van der Waals surface area contributed by atoms with Gasteiger partial charge in [-0.2, -0.15) is 0 Å². The average Bonchev–Trinajstić information content (AvgIpc) is 2.99. The molecule has 2 aromatic rings. The molecule has 0 fully saturated rings. The van der Waals surface area contributed by atoms with Gasteiger partial charge in [-0.05, 0) is 42.0 Å². The highest BCUT2D eigenvalue weighted by Crippen LogP contribution is 2.25. The molecule has 1 unspecified atom stereocenters. The lowest BCUT2D eigenvalue weighted by atomic mass is 9.98. The Kier molecular flexibility index (Phi) is 6.09. The lowest BCUT2D eigenvalue weighted by molar-refractivity contribution is 0.309. The van der Waals surface area contributed by atoms with Crippen LogP contribution in [0.25, 0.3) is 0 Å². The summed E-state index contributed by atoms with van der Waals surface area (Å²) < 4.78 is 5.76. The van der Waals surface area contributed by atoms with E-state index in [-0.39, 0.29) is 0 Å². The smallest absolute Gasteiger partial charge is 0.119 e. The molecule has 0 saturated heterocycles. The van der Waals surface area contributed by atoms with Crippen molar-refractivity contribution < 1.29 is 4.74 Å². The van der Waals surface area contributed by atoms with Gasteiger partial charge in [-0.15, -0.1) is 11.3 Å². The maximum atomic E-state index is 5.92. The summed E-state index contributed by atoms with van der Waals surface area (Å²) in [6.45, 7) is 3.65. The van der Waals surface area contributed by atoms with Crippen molar-refractivity contribution in [2.45, 2.75) is 32.1 Å². The molecule has 1 heterocycles. The quantitative estimate of drug-likeness (QED) is 0.739. The molecule has 1 aromatic carbocycles. The van der Waals surface area contributed by atoms with Crippen LogP contribution in [0.3, 0.4) is 0 Å². The van der Waals surface area contributed by atoms with Crippen LogP contribution in [0.1, 0.15) is 36.1 Å². The van der Waals surface area contributed by atoms with Crippen LogP contribution in [0.2, 0.25) is 0 Å². The average molecular weight is 289 g/mol. The monoisotopic (exact) mass is 289 g/mol. The van der Waals surface area contributed by atoms with Gasteiger partial charge in [0.25, 0.3) is 0 Å². The van der Waals surface area contributed by atoms with Crippen molar-refractivity contribution in [3.63, 3.8) is 0 Å². The Morgan fingerprint density at radius 3 is 2.85 bits per heavy atom. The van der Waals surface area contributed by atoms with Gasteiger partial charge >= 0.3 is 0 Å². The second kappa shape index (κ2) is 8.08. The van der Waals surface area contributed by atoms with Crippen LogP contribution < -0.4 is 10.5 Å². The fraction of sp³-hybridized carbons (Fsp3) is 0.412. The van der Waals surface area contributed by atoms with Gasteiger partial charge in [-0.1, -0.05) is 31.5 Å². The first-order valence-corrected chi connectivity index (χ1v) is 8.16. The van der Waals surface area contributed by atoms with Crippen LogP contribution in [0, 0.1) is 0 Å². The maximum Gasteiger partial charge on any atom is 0.119 e. The minimum atomic E-state index is 0.404. The molecule has 0 saturated carbocycles. The molecule has 0 bridgehead atoms.